The zero-order valence-corrected chi connectivity index (χ0v) is 24.9. The fraction of sp³-hybridized carbons (Fsp3) is 0.962. The van der Waals surface area contributed by atoms with E-state index in [4.69, 9.17) is 4.74 Å². The Hall–Kier alpha value is 0.619. The molecular weight excluding hydrogens is 495 g/mol. The van der Waals surface area contributed by atoms with Gasteiger partial charge in [0.15, 0.2) is 0 Å². The summed E-state index contributed by atoms with van der Waals surface area (Å²) >= 11 is 3.15. The van der Waals surface area contributed by atoms with Crippen LogP contribution in [0.2, 0.25) is 13.3 Å². The van der Waals surface area contributed by atoms with Crippen LogP contribution in [0.25, 0.3) is 0 Å². The van der Waals surface area contributed by atoms with Gasteiger partial charge in [0.2, 0.25) is 0 Å². The second kappa shape index (κ2) is 29.6. The molecule has 0 aromatic carbocycles. The van der Waals surface area contributed by atoms with E-state index >= 15 is 0 Å². The molecule has 0 amide bonds. The average molecular weight is 551 g/mol. The normalized spacial score (nSPS) is 10.7. The van der Waals surface area contributed by atoms with E-state index in [1.165, 1.54) is 83.5 Å². The van der Waals surface area contributed by atoms with Gasteiger partial charge in [-0.05, 0) is 6.42 Å². The first kappa shape index (κ1) is 32.8. The number of hydrogen-bond acceptors (Lipinski definition) is 3. The molecule has 0 spiro atoms. The molecule has 181 valence electrons. The molecule has 0 N–H and O–H groups in total. The molecule has 0 atom stereocenters. The summed E-state index contributed by atoms with van der Waals surface area (Å²) in [6.07, 6.45) is 20.9. The first-order chi connectivity index (χ1) is 14.7. The predicted octanol–water partition coefficient (Wildman–Crippen LogP) is 9.26. The fourth-order valence-corrected chi connectivity index (χ4v) is 13.0. The topological polar surface area (TPSA) is 26.3 Å². The van der Waals surface area contributed by atoms with E-state index in [0.717, 1.165) is 12.8 Å². The minimum atomic E-state index is -0.839. The van der Waals surface area contributed by atoms with Gasteiger partial charge in [0.05, 0.1) is 0 Å². The quantitative estimate of drug-likeness (QED) is 0.0667. The molecule has 1 radical (unpaired) electrons. The van der Waals surface area contributed by atoms with Gasteiger partial charge in [-0.25, -0.2) is 0 Å². The minimum absolute atomic E-state index is 0.0676. The predicted molar refractivity (Wildman–Crippen MR) is 142 cm³/mol. The molecule has 0 bridgehead atoms. The molecule has 0 aliphatic rings. The number of hydrogen-bond donors (Lipinski definition) is 1. The van der Waals surface area contributed by atoms with Crippen molar-refractivity contribution < 1.29 is 9.53 Å². The van der Waals surface area contributed by atoms with E-state index in [2.05, 4.69) is 40.3 Å². The van der Waals surface area contributed by atoms with Crippen molar-refractivity contribution in [3.05, 3.63) is 0 Å². The molecule has 30 heavy (non-hydrogen) atoms. The number of rotatable bonds is 21. The Labute approximate surface area is 203 Å². The molecule has 2 nitrogen and oxygen atoms in total. The van der Waals surface area contributed by atoms with Crippen molar-refractivity contribution in [1.82, 2.24) is 0 Å². The Morgan fingerprint density at radius 1 is 0.633 bits per heavy atom. The van der Waals surface area contributed by atoms with Gasteiger partial charge in [0.25, 0.3) is 0 Å². The molecule has 0 aliphatic carbocycles. The molecule has 0 aromatic rings. The number of carbonyl (C=O) groups is 1. The number of carbonyl (C=O) groups excluding carboxylic acids is 1. The summed E-state index contributed by atoms with van der Waals surface area (Å²) in [6.45, 7) is 9.69. The van der Waals surface area contributed by atoms with Crippen LogP contribution in [-0.2, 0) is 9.53 Å². The van der Waals surface area contributed by atoms with Crippen molar-refractivity contribution >= 4 is 38.4 Å². The summed E-state index contributed by atoms with van der Waals surface area (Å²) in [5.74, 6) is 0.547. The van der Waals surface area contributed by atoms with Gasteiger partial charge in [-0.3, -0.25) is 4.79 Å². The molecule has 0 rings (SSSR count). The van der Waals surface area contributed by atoms with Gasteiger partial charge in [-0.1, -0.05) is 58.3 Å². The van der Waals surface area contributed by atoms with E-state index in [9.17, 15) is 4.79 Å². The maximum absolute atomic E-state index is 11.2. The monoisotopic (exact) mass is 551 g/mol. The standard InChI is InChI=1S/C14H28O2S.3C4H9.Sn/c1-2-3-4-5-6-7-8-9-10-11-14(15)16-12-13-17;3*1-3-4-2;/h17H,2-13H2,1H3;3*1,3-4H2,2H3;. The molecule has 0 unspecified atom stereocenters. The van der Waals surface area contributed by atoms with Crippen LogP contribution < -0.4 is 0 Å². The van der Waals surface area contributed by atoms with Crippen LogP contribution in [0.1, 0.15) is 130 Å². The van der Waals surface area contributed by atoms with Crippen molar-refractivity contribution in [2.45, 2.75) is 144 Å². The molecule has 0 aromatic heterocycles. The summed E-state index contributed by atoms with van der Waals surface area (Å²) < 4.78 is 9.99. The second-order valence-corrected chi connectivity index (χ2v) is 17.6. The summed E-state index contributed by atoms with van der Waals surface area (Å²) in [5.41, 5.74) is 0. The zero-order valence-electron chi connectivity index (χ0n) is 21.1. The number of esters is 1. The number of ether oxygens (including phenoxy) is 1. The molecule has 0 saturated carbocycles. The van der Waals surface area contributed by atoms with E-state index in [1.54, 1.807) is 13.3 Å². The van der Waals surface area contributed by atoms with Crippen molar-refractivity contribution in [3.63, 3.8) is 0 Å². The first-order valence-electron chi connectivity index (χ1n) is 13.3. The zero-order chi connectivity index (χ0) is 22.7. The maximum atomic E-state index is 11.2. The van der Waals surface area contributed by atoms with Gasteiger partial charge in [-0.2, -0.15) is 12.6 Å². The Bertz CT molecular complexity index is 307. The van der Waals surface area contributed by atoms with E-state index in [-0.39, 0.29) is 5.97 Å². The molecular formula is C26H55O2SSn. The van der Waals surface area contributed by atoms with E-state index in [1.807, 2.05) is 0 Å². The van der Waals surface area contributed by atoms with Crippen LogP contribution in [0.4, 0.5) is 0 Å². The van der Waals surface area contributed by atoms with Crippen molar-refractivity contribution in [2.24, 2.45) is 0 Å². The molecule has 0 fully saturated rings. The van der Waals surface area contributed by atoms with Crippen LogP contribution >= 0.6 is 12.6 Å². The van der Waals surface area contributed by atoms with Crippen LogP contribution in [0, 0.1) is 0 Å². The van der Waals surface area contributed by atoms with Crippen LogP contribution in [0.5, 0.6) is 0 Å². The Morgan fingerprint density at radius 2 is 1.03 bits per heavy atom. The molecule has 0 heterocycles. The second-order valence-electron chi connectivity index (χ2n) is 8.58. The number of thiol groups is 1. The first-order valence-corrected chi connectivity index (χ1v) is 19.9. The van der Waals surface area contributed by atoms with Gasteiger partial charge >= 0.3 is 98.3 Å². The van der Waals surface area contributed by atoms with Crippen LogP contribution in [0.3, 0.4) is 0 Å². The van der Waals surface area contributed by atoms with Gasteiger partial charge in [-0.15, -0.1) is 0 Å². The van der Waals surface area contributed by atoms with Gasteiger partial charge in [0, 0.05) is 12.2 Å². The fourth-order valence-electron chi connectivity index (χ4n) is 3.47. The van der Waals surface area contributed by atoms with Crippen molar-refractivity contribution in [2.75, 3.05) is 12.4 Å². The molecule has 0 aliphatic heterocycles. The summed E-state index contributed by atoms with van der Waals surface area (Å²) in [6, 6.07) is 0. The number of unbranched alkanes of at least 4 members (excludes halogenated alkanes) is 11. The van der Waals surface area contributed by atoms with E-state index in [0.29, 0.717) is 18.8 Å². The van der Waals surface area contributed by atoms with Gasteiger partial charge in [0.1, 0.15) is 6.61 Å². The van der Waals surface area contributed by atoms with Crippen LogP contribution in [0.15, 0.2) is 0 Å². The summed E-state index contributed by atoms with van der Waals surface area (Å²) in [7, 11) is 0. The third-order valence-corrected chi connectivity index (χ3v) is 14.8. The Balaban J connectivity index is 0. The Kier molecular flexibility index (Phi) is 32.4. The third kappa shape index (κ3) is 28.6. The van der Waals surface area contributed by atoms with E-state index < -0.39 is 19.8 Å². The summed E-state index contributed by atoms with van der Waals surface area (Å²) in [5, 5.41) is 0. The molecule has 4 heteroatoms. The SMILES string of the molecule is CCCCCCCCCCCC(=O)OCCS.CCC[CH2][Sn]([CH2]CCC)[CH2]CCC. The van der Waals surface area contributed by atoms with Crippen LogP contribution in [-0.4, -0.2) is 38.1 Å². The Morgan fingerprint density at radius 3 is 1.43 bits per heavy atom. The third-order valence-electron chi connectivity index (χ3n) is 5.49. The van der Waals surface area contributed by atoms with Gasteiger partial charge < -0.3 is 4.74 Å². The average Bonchev–Trinajstić information content (AvgIpc) is 2.76. The molecule has 0 saturated heterocycles. The van der Waals surface area contributed by atoms with Crippen molar-refractivity contribution in [1.29, 1.82) is 0 Å². The summed E-state index contributed by atoms with van der Waals surface area (Å²) in [4.78, 5) is 11.2. The van der Waals surface area contributed by atoms with Crippen molar-refractivity contribution in [3.8, 4) is 0 Å².